The molecule has 1 saturated carbocycles. The highest BCUT2D eigenvalue weighted by molar-refractivity contribution is 5.94. The molecule has 0 radical (unpaired) electrons. The summed E-state index contributed by atoms with van der Waals surface area (Å²) in [6.45, 7) is 4.34. The molecule has 128 valence electrons. The summed E-state index contributed by atoms with van der Waals surface area (Å²) in [6, 6.07) is 7.61. The van der Waals surface area contributed by atoms with Crippen LogP contribution in [0.4, 0.5) is 0 Å². The molecule has 2 atom stereocenters. The third-order valence-corrected chi connectivity index (χ3v) is 5.54. The Kier molecular flexibility index (Phi) is 4.66. The van der Waals surface area contributed by atoms with Gasteiger partial charge in [0.05, 0.1) is 6.10 Å². The van der Waals surface area contributed by atoms with Crippen molar-refractivity contribution < 1.29 is 9.53 Å². The molecule has 1 aromatic carbocycles. The molecular formula is C18H24N4O2. The minimum absolute atomic E-state index is 0.0314. The Morgan fingerprint density at radius 3 is 2.42 bits per heavy atom. The highest BCUT2D eigenvalue weighted by Crippen LogP contribution is 2.48. The van der Waals surface area contributed by atoms with E-state index in [2.05, 4.69) is 29.4 Å². The molecule has 1 aromatic heterocycles. The first-order valence-corrected chi connectivity index (χ1v) is 8.43. The molecule has 0 spiro atoms. The Morgan fingerprint density at radius 1 is 1.25 bits per heavy atom. The summed E-state index contributed by atoms with van der Waals surface area (Å²) in [5, 5.41) is 10.8. The molecule has 0 saturated heterocycles. The van der Waals surface area contributed by atoms with Crippen molar-refractivity contribution in [3.05, 3.63) is 42.5 Å². The van der Waals surface area contributed by atoms with E-state index in [0.29, 0.717) is 5.56 Å². The summed E-state index contributed by atoms with van der Waals surface area (Å²) in [5.41, 5.74) is 1.64. The maximum atomic E-state index is 12.6. The first-order valence-electron chi connectivity index (χ1n) is 8.43. The van der Waals surface area contributed by atoms with Gasteiger partial charge in [0, 0.05) is 29.8 Å². The third-order valence-electron chi connectivity index (χ3n) is 5.54. The molecule has 1 heterocycles. The number of benzene rings is 1. The average molecular weight is 328 g/mol. The van der Waals surface area contributed by atoms with E-state index >= 15 is 0 Å². The molecule has 2 unspecified atom stereocenters. The highest BCUT2D eigenvalue weighted by atomic mass is 16.5. The lowest BCUT2D eigenvalue weighted by molar-refractivity contribution is -0.120. The van der Waals surface area contributed by atoms with Crippen LogP contribution in [0, 0.1) is 5.41 Å². The molecule has 3 rings (SSSR count). The van der Waals surface area contributed by atoms with E-state index in [4.69, 9.17) is 4.74 Å². The van der Waals surface area contributed by atoms with Crippen LogP contribution in [0.1, 0.15) is 43.5 Å². The number of hydrogen-bond donors (Lipinski definition) is 1. The number of ether oxygens (including phenoxy) is 1. The molecule has 1 fully saturated rings. The summed E-state index contributed by atoms with van der Waals surface area (Å²) in [4.78, 5) is 12.6. The van der Waals surface area contributed by atoms with Gasteiger partial charge < -0.3 is 10.1 Å². The third kappa shape index (κ3) is 2.71. The van der Waals surface area contributed by atoms with Crippen LogP contribution >= 0.6 is 0 Å². The number of carbonyl (C=O) groups excluding carboxylic acids is 1. The number of rotatable bonds is 6. The second kappa shape index (κ2) is 6.73. The summed E-state index contributed by atoms with van der Waals surface area (Å²) < 4.78 is 7.39. The van der Waals surface area contributed by atoms with Crippen molar-refractivity contribution in [3.8, 4) is 5.69 Å². The molecule has 1 amide bonds. The highest BCUT2D eigenvalue weighted by Gasteiger charge is 2.53. The molecule has 0 aliphatic heterocycles. The van der Waals surface area contributed by atoms with Gasteiger partial charge in [-0.25, -0.2) is 0 Å². The van der Waals surface area contributed by atoms with Crippen molar-refractivity contribution in [1.82, 2.24) is 20.1 Å². The molecule has 6 nitrogen and oxygen atoms in total. The predicted molar refractivity (Wildman–Crippen MR) is 91.0 cm³/mol. The van der Waals surface area contributed by atoms with Crippen LogP contribution in [0.5, 0.6) is 0 Å². The topological polar surface area (TPSA) is 69.0 Å². The number of methoxy groups -OCH3 is 1. The number of carbonyl (C=O) groups is 1. The molecule has 1 aliphatic carbocycles. The molecule has 1 aliphatic rings. The molecule has 2 aromatic rings. The SMILES string of the molecule is CCC1(CC)C(NC(=O)c2ccc(-n3cnnc3)cc2)CC1OC. The number of amides is 1. The van der Waals surface area contributed by atoms with Gasteiger partial charge in [-0.15, -0.1) is 10.2 Å². The van der Waals surface area contributed by atoms with Crippen molar-refractivity contribution in [3.63, 3.8) is 0 Å². The standard InChI is InChI=1S/C18H24N4O2/c1-4-18(5-2)15(10-16(18)24-3)21-17(23)13-6-8-14(9-7-13)22-11-19-20-12-22/h6-9,11-12,15-16H,4-5,10H2,1-3H3,(H,21,23). The van der Waals surface area contributed by atoms with Crippen LogP contribution < -0.4 is 5.32 Å². The summed E-state index contributed by atoms with van der Waals surface area (Å²) in [5.74, 6) is -0.0314. The number of hydrogen-bond acceptors (Lipinski definition) is 4. The van der Waals surface area contributed by atoms with E-state index in [1.165, 1.54) is 0 Å². The van der Waals surface area contributed by atoms with Gasteiger partial charge in [-0.2, -0.15) is 0 Å². The molecule has 1 N–H and O–H groups in total. The molecular weight excluding hydrogens is 304 g/mol. The van der Waals surface area contributed by atoms with E-state index in [1.54, 1.807) is 24.3 Å². The zero-order valence-electron chi connectivity index (χ0n) is 14.4. The zero-order chi connectivity index (χ0) is 17.2. The fourth-order valence-electron chi connectivity index (χ4n) is 3.84. The second-order valence-electron chi connectivity index (χ2n) is 6.34. The second-order valence-corrected chi connectivity index (χ2v) is 6.34. The molecule has 0 bridgehead atoms. The average Bonchev–Trinajstić information content (AvgIpc) is 3.14. The molecule has 6 heteroatoms. The maximum Gasteiger partial charge on any atom is 0.251 e. The van der Waals surface area contributed by atoms with E-state index in [9.17, 15) is 4.79 Å². The zero-order valence-corrected chi connectivity index (χ0v) is 14.4. The van der Waals surface area contributed by atoms with Crippen LogP contribution in [0.2, 0.25) is 0 Å². The van der Waals surface area contributed by atoms with Crippen molar-refractivity contribution in [1.29, 1.82) is 0 Å². The number of aromatic nitrogens is 3. The van der Waals surface area contributed by atoms with Crippen molar-refractivity contribution in [2.45, 2.75) is 45.3 Å². The first-order chi connectivity index (χ1) is 11.6. The van der Waals surface area contributed by atoms with Crippen LogP contribution in [-0.4, -0.2) is 39.9 Å². The van der Waals surface area contributed by atoms with Gasteiger partial charge in [0.1, 0.15) is 12.7 Å². The van der Waals surface area contributed by atoms with Crippen molar-refractivity contribution in [2.75, 3.05) is 7.11 Å². The van der Waals surface area contributed by atoms with E-state index in [-0.39, 0.29) is 23.5 Å². The van der Waals surface area contributed by atoms with Gasteiger partial charge in [0.25, 0.3) is 5.91 Å². The number of nitrogens with zero attached hydrogens (tertiary/aromatic N) is 3. The fourth-order valence-corrected chi connectivity index (χ4v) is 3.84. The van der Waals surface area contributed by atoms with E-state index in [0.717, 1.165) is 24.9 Å². The Balaban J connectivity index is 1.69. The van der Waals surface area contributed by atoms with Gasteiger partial charge >= 0.3 is 0 Å². The van der Waals surface area contributed by atoms with E-state index in [1.807, 2.05) is 24.3 Å². The Morgan fingerprint density at radius 2 is 1.88 bits per heavy atom. The summed E-state index contributed by atoms with van der Waals surface area (Å²) in [7, 11) is 1.76. The van der Waals surface area contributed by atoms with Gasteiger partial charge in [0.2, 0.25) is 0 Å². The monoisotopic (exact) mass is 328 g/mol. The summed E-state index contributed by atoms with van der Waals surface area (Å²) in [6.07, 6.45) is 6.37. The Hall–Kier alpha value is -2.21. The van der Waals surface area contributed by atoms with Crippen LogP contribution in [0.25, 0.3) is 5.69 Å². The van der Waals surface area contributed by atoms with Crippen molar-refractivity contribution >= 4 is 5.91 Å². The maximum absolute atomic E-state index is 12.6. The summed E-state index contributed by atoms with van der Waals surface area (Å²) >= 11 is 0. The minimum atomic E-state index is -0.0314. The van der Waals surface area contributed by atoms with Gasteiger partial charge in [-0.3, -0.25) is 9.36 Å². The Labute approximate surface area is 142 Å². The lowest BCUT2D eigenvalue weighted by Crippen LogP contribution is -2.64. The molecule has 24 heavy (non-hydrogen) atoms. The van der Waals surface area contributed by atoms with Crippen molar-refractivity contribution in [2.24, 2.45) is 5.41 Å². The normalized spacial score (nSPS) is 22.0. The van der Waals surface area contributed by atoms with Crippen LogP contribution in [0.3, 0.4) is 0 Å². The fraction of sp³-hybridized carbons (Fsp3) is 0.500. The van der Waals surface area contributed by atoms with Crippen LogP contribution in [-0.2, 0) is 4.74 Å². The Bertz CT molecular complexity index is 678. The largest absolute Gasteiger partial charge is 0.381 e. The van der Waals surface area contributed by atoms with Gasteiger partial charge in [-0.1, -0.05) is 13.8 Å². The van der Waals surface area contributed by atoms with Crippen LogP contribution in [0.15, 0.2) is 36.9 Å². The smallest absolute Gasteiger partial charge is 0.251 e. The quantitative estimate of drug-likeness (QED) is 0.885. The van der Waals surface area contributed by atoms with Gasteiger partial charge in [-0.05, 0) is 43.5 Å². The lowest BCUT2D eigenvalue weighted by Gasteiger charge is -2.55. The first kappa shape index (κ1) is 16.6. The lowest BCUT2D eigenvalue weighted by atomic mass is 9.58. The minimum Gasteiger partial charge on any atom is -0.381 e. The predicted octanol–water partition coefficient (Wildman–Crippen LogP) is 2.59. The number of nitrogens with one attached hydrogen (secondary N) is 1. The van der Waals surface area contributed by atoms with Gasteiger partial charge in [0.15, 0.2) is 0 Å². The van der Waals surface area contributed by atoms with E-state index < -0.39 is 0 Å².